The summed E-state index contributed by atoms with van der Waals surface area (Å²) in [6.45, 7) is 7.03. The molecule has 0 aliphatic carbocycles. The molecule has 0 saturated heterocycles. The molecule has 0 aliphatic heterocycles. The normalized spacial score (nSPS) is 11.0. The average Bonchev–Trinajstić information content (AvgIpc) is 2.57. The minimum atomic E-state index is -0.377. The molecule has 0 aliphatic rings. The number of hydrogen-bond donors (Lipinski definition) is 1. The van der Waals surface area contributed by atoms with Crippen LogP contribution in [0.4, 0.5) is 0 Å². The summed E-state index contributed by atoms with van der Waals surface area (Å²) >= 11 is 0. The maximum Gasteiger partial charge on any atom is 0.336 e. The van der Waals surface area contributed by atoms with Crippen LogP contribution < -0.4 is 5.63 Å². The van der Waals surface area contributed by atoms with Crippen LogP contribution in [0.5, 0.6) is 5.75 Å². The smallest absolute Gasteiger partial charge is 0.336 e. The van der Waals surface area contributed by atoms with Gasteiger partial charge in [-0.25, -0.2) is 4.79 Å². The lowest BCUT2D eigenvalue weighted by atomic mass is 10.1. The number of phenolic OH excluding ortho intramolecular Hbond substituents is 1. The van der Waals surface area contributed by atoms with Gasteiger partial charge in [0.1, 0.15) is 11.3 Å². The van der Waals surface area contributed by atoms with Gasteiger partial charge in [0.05, 0.1) is 5.56 Å². The highest BCUT2D eigenvalue weighted by molar-refractivity contribution is 8.93. The van der Waals surface area contributed by atoms with Gasteiger partial charge in [-0.2, -0.15) is 0 Å². The number of hydrogen-bond acceptors (Lipinski definition) is 4. The van der Waals surface area contributed by atoms with Crippen LogP contribution in [0.3, 0.4) is 0 Å². The van der Waals surface area contributed by atoms with Crippen molar-refractivity contribution in [2.45, 2.75) is 58.9 Å². The van der Waals surface area contributed by atoms with Crippen LogP contribution >= 0.6 is 17.0 Å². The van der Waals surface area contributed by atoms with Crippen molar-refractivity contribution < 1.29 is 9.52 Å². The van der Waals surface area contributed by atoms with E-state index in [1.54, 1.807) is 18.2 Å². The van der Waals surface area contributed by atoms with E-state index in [1.807, 2.05) is 0 Å². The predicted molar refractivity (Wildman–Crippen MR) is 109 cm³/mol. The molecular formula is C20H30BrNO3. The van der Waals surface area contributed by atoms with Gasteiger partial charge in [0.25, 0.3) is 0 Å². The maximum atomic E-state index is 11.6. The highest BCUT2D eigenvalue weighted by Gasteiger charge is 2.14. The molecule has 0 atom stereocenters. The molecule has 0 unspecified atom stereocenters. The zero-order valence-electron chi connectivity index (χ0n) is 15.3. The lowest BCUT2D eigenvalue weighted by molar-refractivity contribution is 0.250. The van der Waals surface area contributed by atoms with Crippen LogP contribution in [0.2, 0.25) is 0 Å². The summed E-state index contributed by atoms with van der Waals surface area (Å²) in [5.74, 6) is 0.202. The Labute approximate surface area is 160 Å². The van der Waals surface area contributed by atoms with Crippen LogP contribution in [0.1, 0.15) is 57.9 Å². The summed E-state index contributed by atoms with van der Waals surface area (Å²) in [6, 6.07) is 6.65. The first kappa shape index (κ1) is 21.7. The second kappa shape index (κ2) is 11.3. The number of unbranched alkanes of at least 4 members (excludes halogenated alkanes) is 4. The Morgan fingerprint density at radius 2 is 1.56 bits per heavy atom. The van der Waals surface area contributed by atoms with Crippen molar-refractivity contribution in [3.63, 3.8) is 0 Å². The van der Waals surface area contributed by atoms with Gasteiger partial charge in [0.2, 0.25) is 0 Å². The van der Waals surface area contributed by atoms with Gasteiger partial charge in [-0.05, 0) is 44.1 Å². The van der Waals surface area contributed by atoms with Crippen molar-refractivity contribution in [1.29, 1.82) is 0 Å². The minimum Gasteiger partial charge on any atom is -0.507 e. The Hall–Kier alpha value is -1.33. The monoisotopic (exact) mass is 411 g/mol. The van der Waals surface area contributed by atoms with Crippen molar-refractivity contribution in [2.24, 2.45) is 0 Å². The Bertz CT molecular complexity index is 689. The molecule has 140 valence electrons. The van der Waals surface area contributed by atoms with Gasteiger partial charge in [-0.15, -0.1) is 17.0 Å². The maximum absolute atomic E-state index is 11.6. The number of nitrogens with zero attached hydrogens (tertiary/aromatic N) is 1. The molecule has 0 spiro atoms. The summed E-state index contributed by atoms with van der Waals surface area (Å²) in [6.07, 6.45) is 7.10. The number of aromatic hydroxyl groups is 1. The molecule has 1 heterocycles. The number of benzene rings is 1. The Morgan fingerprint density at radius 1 is 0.960 bits per heavy atom. The summed E-state index contributed by atoms with van der Waals surface area (Å²) in [5.41, 5.74) is 0.856. The van der Waals surface area contributed by atoms with Crippen molar-refractivity contribution in [3.8, 4) is 5.75 Å². The summed E-state index contributed by atoms with van der Waals surface area (Å²) in [7, 11) is 0. The van der Waals surface area contributed by atoms with Gasteiger partial charge in [0, 0.05) is 18.0 Å². The SMILES string of the molecule is Br.CCCCCN(CCCCC)Cc1c(O)ccc2ccc(=O)oc12. The van der Waals surface area contributed by atoms with Crippen LogP contribution in [0, 0.1) is 0 Å². The molecule has 1 aromatic heterocycles. The van der Waals surface area contributed by atoms with Gasteiger partial charge in [-0.1, -0.05) is 39.5 Å². The molecule has 0 bridgehead atoms. The predicted octanol–water partition coefficient (Wildman–Crippen LogP) is 5.26. The number of fused-ring (bicyclic) bond motifs is 1. The highest BCUT2D eigenvalue weighted by atomic mass is 79.9. The molecule has 0 amide bonds. The molecule has 0 radical (unpaired) electrons. The molecule has 1 N–H and O–H groups in total. The lowest BCUT2D eigenvalue weighted by Crippen LogP contribution is -2.26. The van der Waals surface area contributed by atoms with Gasteiger partial charge in [-0.3, -0.25) is 4.90 Å². The topological polar surface area (TPSA) is 53.7 Å². The standard InChI is InChI=1S/C20H29NO3.BrH/c1-3-5-7-13-21(14-8-6-4-2)15-17-18(22)11-9-16-10-12-19(23)24-20(16)17;/h9-12,22H,3-8,13-15H2,1-2H3;1H. The van der Waals surface area contributed by atoms with Crippen molar-refractivity contribution >= 4 is 28.0 Å². The average molecular weight is 412 g/mol. The summed E-state index contributed by atoms with van der Waals surface area (Å²) < 4.78 is 5.38. The molecule has 1 aromatic carbocycles. The molecule has 4 nitrogen and oxygen atoms in total. The lowest BCUT2D eigenvalue weighted by Gasteiger charge is -2.23. The minimum absolute atomic E-state index is 0. The molecular weight excluding hydrogens is 382 g/mol. The summed E-state index contributed by atoms with van der Waals surface area (Å²) in [4.78, 5) is 14.0. The van der Waals surface area contributed by atoms with Crippen molar-refractivity contribution in [1.82, 2.24) is 4.90 Å². The van der Waals surface area contributed by atoms with Crippen molar-refractivity contribution in [3.05, 3.63) is 40.2 Å². The van der Waals surface area contributed by atoms with E-state index in [4.69, 9.17) is 4.42 Å². The Balaban J connectivity index is 0.00000312. The van der Waals surface area contributed by atoms with E-state index in [9.17, 15) is 9.90 Å². The molecule has 2 rings (SSSR count). The molecule has 2 aromatic rings. The van der Waals surface area contributed by atoms with E-state index in [-0.39, 0.29) is 28.4 Å². The molecule has 5 heteroatoms. The zero-order valence-corrected chi connectivity index (χ0v) is 17.0. The first-order valence-electron chi connectivity index (χ1n) is 9.12. The third kappa shape index (κ3) is 6.48. The second-order valence-corrected chi connectivity index (χ2v) is 6.43. The van der Waals surface area contributed by atoms with E-state index in [0.717, 1.165) is 36.9 Å². The third-order valence-electron chi connectivity index (χ3n) is 4.41. The third-order valence-corrected chi connectivity index (χ3v) is 4.41. The number of halogens is 1. The fourth-order valence-corrected chi connectivity index (χ4v) is 3.00. The first-order valence-corrected chi connectivity index (χ1v) is 9.12. The van der Waals surface area contributed by atoms with Crippen LogP contribution in [0.25, 0.3) is 11.0 Å². The van der Waals surface area contributed by atoms with Gasteiger partial charge < -0.3 is 9.52 Å². The van der Waals surface area contributed by atoms with Gasteiger partial charge >= 0.3 is 5.63 Å². The van der Waals surface area contributed by atoms with Crippen molar-refractivity contribution in [2.75, 3.05) is 13.1 Å². The Morgan fingerprint density at radius 3 is 2.16 bits per heavy atom. The van der Waals surface area contributed by atoms with E-state index >= 15 is 0 Å². The summed E-state index contributed by atoms with van der Waals surface area (Å²) in [5, 5.41) is 11.2. The quantitative estimate of drug-likeness (QED) is 0.427. The Kier molecular flexibility index (Phi) is 9.83. The molecule has 0 fully saturated rings. The first-order chi connectivity index (χ1) is 11.7. The fourth-order valence-electron chi connectivity index (χ4n) is 3.00. The fraction of sp³-hybridized carbons (Fsp3) is 0.550. The van der Waals surface area contributed by atoms with Crippen LogP contribution in [0.15, 0.2) is 33.5 Å². The van der Waals surface area contributed by atoms with Crippen LogP contribution in [-0.4, -0.2) is 23.1 Å². The number of rotatable bonds is 10. The highest BCUT2D eigenvalue weighted by Crippen LogP contribution is 2.27. The van der Waals surface area contributed by atoms with E-state index in [1.165, 1.54) is 31.7 Å². The number of phenols is 1. The zero-order chi connectivity index (χ0) is 17.4. The second-order valence-electron chi connectivity index (χ2n) is 6.43. The van der Waals surface area contributed by atoms with E-state index < -0.39 is 0 Å². The largest absolute Gasteiger partial charge is 0.507 e. The molecule has 0 saturated carbocycles. The molecule has 25 heavy (non-hydrogen) atoms. The van der Waals surface area contributed by atoms with E-state index in [0.29, 0.717) is 12.1 Å². The van der Waals surface area contributed by atoms with Gasteiger partial charge in [0.15, 0.2) is 0 Å². The van der Waals surface area contributed by atoms with Crippen LogP contribution in [-0.2, 0) is 6.54 Å². The van der Waals surface area contributed by atoms with E-state index in [2.05, 4.69) is 18.7 Å².